The number of hydrogen-bond acceptors (Lipinski definition) is 4. The van der Waals surface area contributed by atoms with Gasteiger partial charge in [0.25, 0.3) is 0 Å². The molecule has 2 aliphatic rings. The van der Waals surface area contributed by atoms with Crippen molar-refractivity contribution >= 4 is 6.09 Å². The molecule has 2 saturated carbocycles. The predicted molar refractivity (Wildman–Crippen MR) is 91.5 cm³/mol. The number of carbonyl (C=O) groups is 1. The number of amides is 1. The normalized spacial score (nSPS) is 19.7. The van der Waals surface area contributed by atoms with Crippen molar-refractivity contribution in [3.63, 3.8) is 0 Å². The number of nitrogens with one attached hydrogen (secondary N) is 2. The van der Waals surface area contributed by atoms with E-state index >= 15 is 0 Å². The van der Waals surface area contributed by atoms with E-state index in [9.17, 15) is 4.79 Å². The highest BCUT2D eigenvalue weighted by molar-refractivity contribution is 5.67. The Labute approximate surface area is 140 Å². The highest BCUT2D eigenvalue weighted by atomic mass is 16.6. The summed E-state index contributed by atoms with van der Waals surface area (Å²) >= 11 is 0. The van der Waals surface area contributed by atoms with Crippen molar-refractivity contribution in [2.45, 2.75) is 77.0 Å². The van der Waals surface area contributed by atoms with E-state index in [1.54, 1.807) is 7.11 Å². The van der Waals surface area contributed by atoms with Crippen LogP contribution in [0.1, 0.15) is 59.3 Å². The zero-order valence-electron chi connectivity index (χ0n) is 15.2. The Morgan fingerprint density at radius 3 is 2.26 bits per heavy atom. The molecule has 0 aromatic carbocycles. The van der Waals surface area contributed by atoms with E-state index in [1.807, 2.05) is 20.8 Å². The summed E-state index contributed by atoms with van der Waals surface area (Å²) in [6, 6.07) is 1.07. The van der Waals surface area contributed by atoms with Gasteiger partial charge in [-0.3, -0.25) is 0 Å². The Kier molecular flexibility index (Phi) is 6.72. The summed E-state index contributed by atoms with van der Waals surface area (Å²) in [5.74, 6) is 1.78. The molecule has 134 valence electrons. The van der Waals surface area contributed by atoms with E-state index in [1.165, 1.54) is 25.7 Å². The molecule has 2 fully saturated rings. The first kappa shape index (κ1) is 18.5. The fraction of sp³-hybridized carbons (Fsp3) is 0.944. The number of alkyl carbamates (subject to hydrolysis) is 1. The van der Waals surface area contributed by atoms with Gasteiger partial charge in [-0.25, -0.2) is 4.79 Å². The van der Waals surface area contributed by atoms with Crippen LogP contribution in [0.25, 0.3) is 0 Å². The highest BCUT2D eigenvalue weighted by Gasteiger charge is 2.41. The van der Waals surface area contributed by atoms with Crippen LogP contribution >= 0.6 is 0 Å². The lowest BCUT2D eigenvalue weighted by Crippen LogP contribution is -2.44. The lowest BCUT2D eigenvalue weighted by molar-refractivity contribution is 0.0526. The van der Waals surface area contributed by atoms with Gasteiger partial charge >= 0.3 is 6.09 Å². The minimum atomic E-state index is -0.439. The van der Waals surface area contributed by atoms with E-state index < -0.39 is 5.60 Å². The van der Waals surface area contributed by atoms with Gasteiger partial charge < -0.3 is 20.1 Å². The Hall–Kier alpha value is -0.810. The third kappa shape index (κ3) is 7.53. The molecule has 0 saturated heterocycles. The lowest BCUT2D eigenvalue weighted by Gasteiger charge is -2.26. The molecule has 0 aliphatic heterocycles. The maximum absolute atomic E-state index is 11.6. The van der Waals surface area contributed by atoms with Crippen LogP contribution < -0.4 is 10.6 Å². The standard InChI is InChI=1S/C18H34N2O3/c1-18(2,3)23-17(21)19-11-5-6-15(12-22-4)20-16(13-7-8-13)14-9-10-14/h13-16,20H,5-12H2,1-4H3,(H,19,21). The molecule has 1 unspecified atom stereocenters. The fourth-order valence-electron chi connectivity index (χ4n) is 3.11. The molecule has 2 rings (SSSR count). The molecule has 5 heteroatoms. The molecule has 1 atom stereocenters. The van der Waals surface area contributed by atoms with Gasteiger partial charge in [0.1, 0.15) is 5.60 Å². The zero-order valence-corrected chi connectivity index (χ0v) is 15.2. The molecule has 23 heavy (non-hydrogen) atoms. The summed E-state index contributed by atoms with van der Waals surface area (Å²) in [7, 11) is 1.76. The van der Waals surface area contributed by atoms with Crippen LogP contribution in [-0.2, 0) is 9.47 Å². The van der Waals surface area contributed by atoms with Crippen LogP contribution in [0.2, 0.25) is 0 Å². The Morgan fingerprint density at radius 2 is 1.78 bits per heavy atom. The van der Waals surface area contributed by atoms with Crippen LogP contribution in [0.4, 0.5) is 4.79 Å². The van der Waals surface area contributed by atoms with Crippen LogP contribution in [0.5, 0.6) is 0 Å². The van der Waals surface area contributed by atoms with Crippen molar-refractivity contribution in [2.75, 3.05) is 20.3 Å². The van der Waals surface area contributed by atoms with Crippen LogP contribution in [0, 0.1) is 11.8 Å². The number of methoxy groups -OCH3 is 1. The number of ether oxygens (including phenoxy) is 2. The summed E-state index contributed by atoms with van der Waals surface area (Å²) < 4.78 is 10.6. The third-order valence-corrected chi connectivity index (χ3v) is 4.45. The second kappa shape index (κ2) is 8.34. The minimum Gasteiger partial charge on any atom is -0.444 e. The third-order valence-electron chi connectivity index (χ3n) is 4.45. The van der Waals surface area contributed by atoms with Crippen molar-refractivity contribution in [1.82, 2.24) is 10.6 Å². The van der Waals surface area contributed by atoms with E-state index in [0.29, 0.717) is 18.6 Å². The van der Waals surface area contributed by atoms with E-state index in [0.717, 1.165) is 31.3 Å². The topological polar surface area (TPSA) is 59.6 Å². The predicted octanol–water partition coefficient (Wildman–Crippen LogP) is 3.08. The fourth-order valence-corrected chi connectivity index (χ4v) is 3.11. The second-order valence-corrected chi connectivity index (χ2v) is 8.09. The Morgan fingerprint density at radius 1 is 1.17 bits per heavy atom. The maximum Gasteiger partial charge on any atom is 0.407 e. The van der Waals surface area contributed by atoms with Gasteiger partial charge in [-0.2, -0.15) is 0 Å². The Bertz CT molecular complexity index is 361. The summed E-state index contributed by atoms with van der Waals surface area (Å²) in [6.45, 7) is 7.01. The molecule has 2 N–H and O–H groups in total. The SMILES string of the molecule is COCC(CCCNC(=O)OC(C)(C)C)NC(C1CC1)C1CC1. The smallest absolute Gasteiger partial charge is 0.407 e. The molecule has 0 aromatic heterocycles. The van der Waals surface area contributed by atoms with Gasteiger partial charge in [0, 0.05) is 25.7 Å². The van der Waals surface area contributed by atoms with Crippen LogP contribution in [0.15, 0.2) is 0 Å². The Balaban J connectivity index is 1.65. The number of carbonyl (C=O) groups excluding carboxylic acids is 1. The quantitative estimate of drug-likeness (QED) is 0.606. The van der Waals surface area contributed by atoms with Gasteiger partial charge in [-0.05, 0) is 71.1 Å². The summed E-state index contributed by atoms with van der Waals surface area (Å²) in [4.78, 5) is 11.6. The van der Waals surface area contributed by atoms with Crippen molar-refractivity contribution in [2.24, 2.45) is 11.8 Å². The molecule has 5 nitrogen and oxygen atoms in total. The molecule has 0 radical (unpaired) electrons. The van der Waals surface area contributed by atoms with Gasteiger partial charge in [0.15, 0.2) is 0 Å². The van der Waals surface area contributed by atoms with Gasteiger partial charge in [0.05, 0.1) is 6.61 Å². The van der Waals surface area contributed by atoms with Crippen LogP contribution in [-0.4, -0.2) is 44.0 Å². The molecule has 0 heterocycles. The first-order valence-electron chi connectivity index (χ1n) is 9.11. The molecule has 0 spiro atoms. The first-order chi connectivity index (χ1) is 10.9. The minimum absolute atomic E-state index is 0.331. The number of rotatable bonds is 10. The zero-order chi connectivity index (χ0) is 16.9. The van der Waals surface area contributed by atoms with Gasteiger partial charge in [0.2, 0.25) is 0 Å². The van der Waals surface area contributed by atoms with Crippen molar-refractivity contribution in [3.8, 4) is 0 Å². The summed E-state index contributed by atoms with van der Waals surface area (Å²) in [5.41, 5.74) is -0.439. The van der Waals surface area contributed by atoms with Gasteiger partial charge in [-0.15, -0.1) is 0 Å². The molecule has 2 aliphatic carbocycles. The summed E-state index contributed by atoms with van der Waals surface area (Å²) in [6.07, 6.45) is 7.15. The first-order valence-corrected chi connectivity index (χ1v) is 9.11. The molecular weight excluding hydrogens is 292 g/mol. The van der Waals surface area contributed by atoms with Crippen molar-refractivity contribution < 1.29 is 14.3 Å². The van der Waals surface area contributed by atoms with E-state index in [2.05, 4.69) is 10.6 Å². The van der Waals surface area contributed by atoms with Gasteiger partial charge in [-0.1, -0.05) is 0 Å². The second-order valence-electron chi connectivity index (χ2n) is 8.09. The largest absolute Gasteiger partial charge is 0.444 e. The molecule has 0 bridgehead atoms. The monoisotopic (exact) mass is 326 g/mol. The van der Waals surface area contributed by atoms with Crippen molar-refractivity contribution in [3.05, 3.63) is 0 Å². The summed E-state index contributed by atoms with van der Waals surface area (Å²) in [5, 5.41) is 6.67. The van der Waals surface area contributed by atoms with Crippen molar-refractivity contribution in [1.29, 1.82) is 0 Å². The molecule has 1 amide bonds. The highest BCUT2D eigenvalue weighted by Crippen LogP contribution is 2.44. The molecular formula is C18H34N2O3. The number of hydrogen-bond donors (Lipinski definition) is 2. The average Bonchev–Trinajstić information content (AvgIpc) is 3.32. The lowest BCUT2D eigenvalue weighted by atomic mass is 10.0. The molecule has 0 aromatic rings. The van der Waals surface area contributed by atoms with Crippen LogP contribution in [0.3, 0.4) is 0 Å². The van der Waals surface area contributed by atoms with E-state index in [4.69, 9.17) is 9.47 Å². The maximum atomic E-state index is 11.6. The average molecular weight is 326 g/mol. The van der Waals surface area contributed by atoms with E-state index in [-0.39, 0.29) is 6.09 Å².